The second-order valence-electron chi connectivity index (χ2n) is 4.98. The van der Waals surface area contributed by atoms with E-state index in [1.807, 2.05) is 0 Å². The Morgan fingerprint density at radius 1 is 1.00 bits per heavy atom. The molecule has 0 amide bonds. The number of azo groups is 1. The molecule has 3 aromatic rings. The molecule has 140 valence electrons. The fourth-order valence-electron chi connectivity index (χ4n) is 2.09. The number of nitrogens with zero attached hydrogens (tertiary/aromatic N) is 3. The van der Waals surface area contributed by atoms with Crippen molar-refractivity contribution in [1.82, 2.24) is 9.78 Å². The fraction of sp³-hybridized carbons (Fsp3) is 0. The maximum Gasteiger partial charge on any atom is 1.00 e. The third-order valence-electron chi connectivity index (χ3n) is 3.32. The number of rotatable bonds is 5. The first kappa shape index (κ1) is 31.8. The van der Waals surface area contributed by atoms with Crippen LogP contribution in [0.5, 0.6) is 0 Å². The van der Waals surface area contributed by atoms with Gasteiger partial charge in [0.2, 0.25) is 5.56 Å². The summed E-state index contributed by atoms with van der Waals surface area (Å²) in [7, 11) is -4.60. The molecule has 3 rings (SSSR count). The molecule has 1 aromatic heterocycles. The van der Waals surface area contributed by atoms with Crippen LogP contribution in [0.2, 0.25) is 0 Å². The van der Waals surface area contributed by atoms with Crippen molar-refractivity contribution < 1.29 is 112 Å². The quantitative estimate of drug-likeness (QED) is 0.174. The number of carbonyl (C=O) groups excluding carboxylic acids is 1. The van der Waals surface area contributed by atoms with E-state index in [-0.39, 0.29) is 111 Å². The largest absolute Gasteiger partial charge is 1.00 e. The van der Waals surface area contributed by atoms with Crippen LogP contribution in [0.4, 0.5) is 11.4 Å². The number of nitrogens with one attached hydrogen (secondary N) is 1. The average Bonchev–Trinajstić information content (AvgIpc) is 2.96. The zero-order valence-electron chi connectivity index (χ0n) is 16.4. The molecule has 30 heavy (non-hydrogen) atoms. The van der Waals surface area contributed by atoms with Crippen molar-refractivity contribution >= 4 is 27.8 Å². The molecule has 0 saturated carbocycles. The minimum absolute atomic E-state index is 0. The molecule has 1 heterocycles. The smallest absolute Gasteiger partial charge is 0.870 e. The van der Waals surface area contributed by atoms with Crippen LogP contribution >= 0.6 is 0 Å². The number of H-pyrrole nitrogens is 1. The number of benzene rings is 2. The van der Waals surface area contributed by atoms with E-state index in [0.717, 1.165) is 16.8 Å². The van der Waals surface area contributed by atoms with E-state index < -0.39 is 20.6 Å². The third-order valence-corrected chi connectivity index (χ3v) is 4.17. The van der Waals surface area contributed by atoms with Gasteiger partial charge in [0, 0.05) is 12.0 Å². The maximum absolute atomic E-state index is 12.5. The Bertz CT molecular complexity index is 1150. The summed E-state index contributed by atoms with van der Waals surface area (Å²) < 4.78 is 33.8. The molecule has 0 fully saturated rings. The fourth-order valence-corrected chi connectivity index (χ4v) is 2.56. The first-order valence-electron chi connectivity index (χ1n) is 7.07. The van der Waals surface area contributed by atoms with Gasteiger partial charge in [0.15, 0.2) is 0 Å². The molecule has 2 N–H and O–H groups in total. The zero-order chi connectivity index (χ0) is 18.7. The predicted molar refractivity (Wildman–Crippen MR) is 90.5 cm³/mol. The normalized spacial score (nSPS) is 10.2. The minimum atomic E-state index is -4.60. The first-order chi connectivity index (χ1) is 12.4. The molecule has 0 saturated heterocycles. The van der Waals surface area contributed by atoms with Crippen molar-refractivity contribution in [2.75, 3.05) is 0 Å². The van der Waals surface area contributed by atoms with Crippen molar-refractivity contribution in [3.05, 3.63) is 70.6 Å². The molecule has 0 aliphatic heterocycles. The second kappa shape index (κ2) is 13.9. The summed E-state index contributed by atoms with van der Waals surface area (Å²) in [5, 5.41) is 10.2. The molecule has 14 heteroatoms. The van der Waals surface area contributed by atoms with Gasteiger partial charge in [-0.05, 0) is 35.6 Å². The SMILES string of the molecule is O=[C-]c1[nH]n(-c2ccc(S(=O)(=O)[O-])cc2)c(=O)c1N=Nc1cc[c-]cc1.[Na+].[Na+].[Na+].[OH-]. The van der Waals surface area contributed by atoms with Gasteiger partial charge in [0.05, 0.1) is 10.6 Å². The van der Waals surface area contributed by atoms with Crippen molar-refractivity contribution in [2.24, 2.45) is 10.2 Å². The molecule has 0 unspecified atom stereocenters. The Labute approximate surface area is 238 Å². The van der Waals surface area contributed by atoms with Crippen LogP contribution in [0.25, 0.3) is 5.69 Å². The van der Waals surface area contributed by atoms with Crippen LogP contribution in [0.3, 0.4) is 0 Å². The summed E-state index contributed by atoms with van der Waals surface area (Å²) in [6.45, 7) is 0. The standard InChI is InChI=1S/C16H10N4O5S.3Na.H2O/c21-10-14-15(18-17-11-4-2-1-3-5-11)16(22)20(19-14)12-6-8-13(9-7-12)26(23,24)25;;;;/h2-9,19H,(H,23,24,25);;;;1H2/q-2;3*+1;/p-2. The molecule has 0 atom stereocenters. The van der Waals surface area contributed by atoms with E-state index in [1.54, 1.807) is 30.6 Å². The summed E-state index contributed by atoms with van der Waals surface area (Å²) in [4.78, 5) is 23.1. The van der Waals surface area contributed by atoms with Gasteiger partial charge >= 0.3 is 88.7 Å². The van der Waals surface area contributed by atoms with E-state index in [4.69, 9.17) is 0 Å². The summed E-state index contributed by atoms with van der Waals surface area (Å²) in [6, 6.07) is 13.8. The van der Waals surface area contributed by atoms with Gasteiger partial charge in [-0.1, -0.05) is 0 Å². The van der Waals surface area contributed by atoms with Crippen LogP contribution < -0.4 is 94.2 Å². The zero-order valence-corrected chi connectivity index (χ0v) is 23.2. The van der Waals surface area contributed by atoms with Gasteiger partial charge in [0.25, 0.3) is 0 Å². The Morgan fingerprint density at radius 2 is 1.57 bits per heavy atom. The van der Waals surface area contributed by atoms with E-state index in [9.17, 15) is 22.6 Å². The van der Waals surface area contributed by atoms with Crippen LogP contribution in [-0.2, 0) is 14.9 Å². The third kappa shape index (κ3) is 7.62. The maximum atomic E-state index is 12.5. The topological polar surface area (TPSA) is 167 Å². The summed E-state index contributed by atoms with van der Waals surface area (Å²) in [5.41, 5.74) is -0.505. The van der Waals surface area contributed by atoms with E-state index in [0.29, 0.717) is 5.69 Å². The number of hydrogen-bond acceptors (Lipinski definition) is 8. The Kier molecular flexibility index (Phi) is 14.7. The van der Waals surface area contributed by atoms with Gasteiger partial charge < -0.3 is 19.9 Å². The Morgan fingerprint density at radius 3 is 2.07 bits per heavy atom. The molecule has 10 nitrogen and oxygen atoms in total. The molecule has 0 spiro atoms. The predicted octanol–water partition coefficient (Wildman–Crippen LogP) is -7.42. The van der Waals surface area contributed by atoms with Crippen LogP contribution in [-0.4, -0.2) is 34.5 Å². The van der Waals surface area contributed by atoms with Gasteiger partial charge in [-0.15, -0.1) is 12.1 Å². The summed E-state index contributed by atoms with van der Waals surface area (Å²) in [6.07, 6.45) is 1.57. The molecule has 2 aromatic carbocycles. The van der Waals surface area contributed by atoms with Crippen molar-refractivity contribution in [3.8, 4) is 5.69 Å². The molecular weight excluding hydrogens is 445 g/mol. The Balaban J connectivity index is 0. The number of aromatic nitrogens is 2. The number of hydrogen-bond donors (Lipinski definition) is 1. The van der Waals surface area contributed by atoms with Crippen molar-refractivity contribution in [3.63, 3.8) is 0 Å². The minimum Gasteiger partial charge on any atom is -0.870 e. The second-order valence-corrected chi connectivity index (χ2v) is 6.36. The first-order valence-corrected chi connectivity index (χ1v) is 8.48. The van der Waals surface area contributed by atoms with E-state index in [1.165, 1.54) is 12.1 Å². The van der Waals surface area contributed by atoms with Gasteiger partial charge in [0.1, 0.15) is 10.1 Å². The molecular formula is C16H10N4Na3O6S-. The van der Waals surface area contributed by atoms with Gasteiger partial charge in [-0.25, -0.2) is 18.2 Å². The number of aromatic amines is 1. The van der Waals surface area contributed by atoms with Crippen LogP contribution in [0.1, 0.15) is 5.69 Å². The summed E-state index contributed by atoms with van der Waals surface area (Å²) >= 11 is 0. The van der Waals surface area contributed by atoms with E-state index >= 15 is 0 Å². The monoisotopic (exact) mass is 455 g/mol. The van der Waals surface area contributed by atoms with E-state index in [2.05, 4.69) is 21.4 Å². The average molecular weight is 455 g/mol. The van der Waals surface area contributed by atoms with Crippen LogP contribution in [0, 0.1) is 6.07 Å². The van der Waals surface area contributed by atoms with Gasteiger partial charge in [-0.3, -0.25) is 4.79 Å². The van der Waals surface area contributed by atoms with Crippen molar-refractivity contribution in [2.45, 2.75) is 4.90 Å². The molecule has 0 aliphatic carbocycles. The molecule has 0 bridgehead atoms. The Hall–Kier alpha value is -0.410. The van der Waals surface area contributed by atoms with Crippen LogP contribution in [0.15, 0.2) is 68.4 Å². The van der Waals surface area contributed by atoms with Crippen molar-refractivity contribution in [1.29, 1.82) is 0 Å². The molecule has 0 radical (unpaired) electrons. The van der Waals surface area contributed by atoms with Gasteiger partial charge in [-0.2, -0.15) is 23.3 Å². The summed E-state index contributed by atoms with van der Waals surface area (Å²) in [5.74, 6) is 0. The molecule has 0 aliphatic rings.